The molecule has 1 aromatic heterocycles. The average molecular weight is 304 g/mol. The van der Waals surface area contributed by atoms with E-state index >= 15 is 0 Å². The first-order valence-corrected chi connectivity index (χ1v) is 7.10. The highest BCUT2D eigenvalue weighted by Crippen LogP contribution is 2.08. The van der Waals surface area contributed by atoms with Gasteiger partial charge in [-0.3, -0.25) is 21.0 Å². The second-order valence-electron chi connectivity index (χ2n) is 3.36. The van der Waals surface area contributed by atoms with Crippen LogP contribution in [-0.4, -0.2) is 28.5 Å². The maximum absolute atomic E-state index is 10.5. The van der Waals surface area contributed by atoms with Crippen LogP contribution in [0.1, 0.15) is 0 Å². The van der Waals surface area contributed by atoms with Crippen LogP contribution in [0.4, 0.5) is 5.82 Å². The zero-order valence-electron chi connectivity index (χ0n) is 10.2. The van der Waals surface area contributed by atoms with Gasteiger partial charge in [-0.25, -0.2) is 4.98 Å². The zero-order chi connectivity index (χ0) is 14.1. The van der Waals surface area contributed by atoms with E-state index in [-0.39, 0.29) is 5.82 Å². The monoisotopic (exact) mass is 303 g/mol. The van der Waals surface area contributed by atoms with Crippen molar-refractivity contribution in [2.45, 2.75) is 0 Å². The SMILES string of the molecule is CSCCN/C(=C/[N+](=O)[O-])NNc1ccc(Cl)cn1. The first-order chi connectivity index (χ1) is 9.11. The van der Waals surface area contributed by atoms with E-state index in [1.165, 1.54) is 6.20 Å². The van der Waals surface area contributed by atoms with Gasteiger partial charge in [0.25, 0.3) is 6.20 Å². The van der Waals surface area contributed by atoms with Crippen LogP contribution >= 0.6 is 23.4 Å². The molecule has 0 aliphatic heterocycles. The number of thioether (sulfide) groups is 1. The van der Waals surface area contributed by atoms with Crippen LogP contribution in [0.5, 0.6) is 0 Å². The molecule has 0 fully saturated rings. The molecule has 0 saturated carbocycles. The highest BCUT2D eigenvalue weighted by molar-refractivity contribution is 7.98. The third kappa shape index (κ3) is 6.73. The summed E-state index contributed by atoms with van der Waals surface area (Å²) >= 11 is 7.35. The number of anilines is 1. The number of pyridine rings is 1. The lowest BCUT2D eigenvalue weighted by Gasteiger charge is -2.12. The van der Waals surface area contributed by atoms with Crippen LogP contribution < -0.4 is 16.2 Å². The van der Waals surface area contributed by atoms with Crippen LogP contribution in [-0.2, 0) is 0 Å². The number of aromatic nitrogens is 1. The van der Waals surface area contributed by atoms with E-state index in [0.29, 0.717) is 17.4 Å². The van der Waals surface area contributed by atoms with Crippen LogP contribution in [0.25, 0.3) is 0 Å². The van der Waals surface area contributed by atoms with Crippen LogP contribution in [0, 0.1) is 10.1 Å². The number of nitrogens with one attached hydrogen (secondary N) is 3. The number of nitrogens with zero attached hydrogens (tertiary/aromatic N) is 2. The topological polar surface area (TPSA) is 92.1 Å². The Morgan fingerprint density at radius 3 is 3.00 bits per heavy atom. The van der Waals surface area contributed by atoms with Gasteiger partial charge in [-0.15, -0.1) is 0 Å². The van der Waals surface area contributed by atoms with E-state index in [2.05, 4.69) is 21.2 Å². The summed E-state index contributed by atoms with van der Waals surface area (Å²) in [7, 11) is 0. The predicted octanol–water partition coefficient (Wildman–Crippen LogP) is 1.68. The standard InChI is InChI=1S/C10H14ClN5O2S/c1-19-5-4-12-10(7-16(17)18)15-14-9-3-2-8(11)6-13-9/h2-3,6-7,12,15H,4-5H2,1H3,(H,13,14)/b10-7-. The number of hydrogen-bond acceptors (Lipinski definition) is 7. The third-order valence-corrected chi connectivity index (χ3v) is 2.74. The summed E-state index contributed by atoms with van der Waals surface area (Å²) in [5.74, 6) is 1.61. The van der Waals surface area contributed by atoms with Gasteiger partial charge < -0.3 is 5.32 Å². The molecule has 7 nitrogen and oxygen atoms in total. The highest BCUT2D eigenvalue weighted by atomic mass is 35.5. The summed E-state index contributed by atoms with van der Waals surface area (Å²) in [4.78, 5) is 13.9. The van der Waals surface area contributed by atoms with Gasteiger partial charge in [0.05, 0.1) is 9.95 Å². The van der Waals surface area contributed by atoms with E-state index in [9.17, 15) is 10.1 Å². The summed E-state index contributed by atoms with van der Waals surface area (Å²) < 4.78 is 0. The molecular weight excluding hydrogens is 290 g/mol. The molecule has 0 radical (unpaired) electrons. The van der Waals surface area contributed by atoms with E-state index in [1.54, 1.807) is 23.9 Å². The van der Waals surface area contributed by atoms with Gasteiger partial charge in [0.1, 0.15) is 5.82 Å². The molecule has 0 amide bonds. The quantitative estimate of drug-likeness (QED) is 0.382. The Kier molecular flexibility index (Phi) is 6.83. The van der Waals surface area contributed by atoms with Gasteiger partial charge in [-0.2, -0.15) is 11.8 Å². The van der Waals surface area contributed by atoms with Gasteiger partial charge in [0.2, 0.25) is 0 Å². The summed E-state index contributed by atoms with van der Waals surface area (Å²) in [6.07, 6.45) is 4.29. The van der Waals surface area contributed by atoms with Gasteiger partial charge >= 0.3 is 0 Å². The van der Waals surface area contributed by atoms with Crippen molar-refractivity contribution in [3.8, 4) is 0 Å². The molecule has 0 unspecified atom stereocenters. The Bertz CT molecular complexity index is 440. The Morgan fingerprint density at radius 1 is 1.63 bits per heavy atom. The van der Waals surface area contributed by atoms with Crippen molar-refractivity contribution >= 4 is 29.2 Å². The van der Waals surface area contributed by atoms with Gasteiger partial charge in [0.15, 0.2) is 5.82 Å². The fraction of sp³-hybridized carbons (Fsp3) is 0.300. The molecule has 1 heterocycles. The Hall–Kier alpha value is -1.67. The van der Waals surface area contributed by atoms with Crippen molar-refractivity contribution in [2.75, 3.05) is 24.0 Å². The molecule has 0 aliphatic carbocycles. The number of nitro groups is 1. The molecule has 104 valence electrons. The van der Waals surface area contributed by atoms with Gasteiger partial charge in [-0.1, -0.05) is 11.6 Å². The zero-order valence-corrected chi connectivity index (χ0v) is 11.8. The van der Waals surface area contributed by atoms with Crippen molar-refractivity contribution in [3.63, 3.8) is 0 Å². The van der Waals surface area contributed by atoms with Crippen molar-refractivity contribution in [2.24, 2.45) is 0 Å². The first-order valence-electron chi connectivity index (χ1n) is 5.33. The maximum Gasteiger partial charge on any atom is 0.275 e. The molecule has 0 bridgehead atoms. The minimum Gasteiger partial charge on any atom is -0.365 e. The van der Waals surface area contributed by atoms with E-state index in [4.69, 9.17) is 11.6 Å². The van der Waals surface area contributed by atoms with E-state index in [0.717, 1.165) is 12.0 Å². The van der Waals surface area contributed by atoms with Crippen molar-refractivity contribution in [1.29, 1.82) is 0 Å². The van der Waals surface area contributed by atoms with Crippen molar-refractivity contribution in [3.05, 3.63) is 45.5 Å². The minimum absolute atomic E-state index is 0.260. The van der Waals surface area contributed by atoms with Crippen molar-refractivity contribution in [1.82, 2.24) is 15.7 Å². The molecule has 0 aromatic carbocycles. The second kappa shape index (κ2) is 8.44. The first kappa shape index (κ1) is 15.4. The molecule has 3 N–H and O–H groups in total. The lowest BCUT2D eigenvalue weighted by molar-refractivity contribution is -0.404. The Labute approximate surface area is 119 Å². The Morgan fingerprint density at radius 2 is 2.42 bits per heavy atom. The maximum atomic E-state index is 10.5. The molecule has 0 saturated heterocycles. The normalized spacial score (nSPS) is 10.9. The number of hydrazine groups is 1. The summed E-state index contributed by atoms with van der Waals surface area (Å²) in [6, 6.07) is 3.32. The number of rotatable bonds is 8. The molecule has 1 rings (SSSR count). The van der Waals surface area contributed by atoms with E-state index in [1.807, 2.05) is 6.26 Å². The Balaban J connectivity index is 2.52. The van der Waals surface area contributed by atoms with E-state index < -0.39 is 4.92 Å². The van der Waals surface area contributed by atoms with Crippen LogP contribution in [0.2, 0.25) is 5.02 Å². The fourth-order valence-electron chi connectivity index (χ4n) is 1.10. The van der Waals surface area contributed by atoms with Gasteiger partial charge in [-0.05, 0) is 18.4 Å². The largest absolute Gasteiger partial charge is 0.365 e. The van der Waals surface area contributed by atoms with Crippen LogP contribution in [0.3, 0.4) is 0 Å². The van der Waals surface area contributed by atoms with Crippen LogP contribution in [0.15, 0.2) is 30.4 Å². The third-order valence-electron chi connectivity index (χ3n) is 1.91. The lowest BCUT2D eigenvalue weighted by Crippen LogP contribution is -2.32. The second-order valence-corrected chi connectivity index (χ2v) is 4.78. The summed E-state index contributed by atoms with van der Waals surface area (Å²) in [6.45, 7) is 0.615. The highest BCUT2D eigenvalue weighted by Gasteiger charge is 2.02. The lowest BCUT2D eigenvalue weighted by atomic mass is 10.5. The van der Waals surface area contributed by atoms with Gasteiger partial charge in [0, 0.05) is 18.5 Å². The summed E-state index contributed by atoms with van der Waals surface area (Å²) in [5, 5.41) is 13.9. The number of halogens is 1. The molecule has 0 atom stereocenters. The molecular formula is C10H14ClN5O2S. The summed E-state index contributed by atoms with van der Waals surface area (Å²) in [5.41, 5.74) is 5.43. The minimum atomic E-state index is -0.536. The average Bonchev–Trinajstić information content (AvgIpc) is 2.37. The fourth-order valence-corrected chi connectivity index (χ4v) is 1.51. The molecule has 9 heteroatoms. The predicted molar refractivity (Wildman–Crippen MR) is 77.5 cm³/mol. The molecule has 19 heavy (non-hydrogen) atoms. The number of hydrogen-bond donors (Lipinski definition) is 3. The smallest absolute Gasteiger partial charge is 0.275 e. The van der Waals surface area contributed by atoms with Crippen molar-refractivity contribution < 1.29 is 4.92 Å². The molecule has 0 spiro atoms. The molecule has 1 aromatic rings. The molecule has 0 aliphatic rings.